The third-order valence-corrected chi connectivity index (χ3v) is 6.74. The fourth-order valence-corrected chi connectivity index (χ4v) is 4.79. The number of pyridine rings is 1. The number of benzene rings is 2. The normalized spacial score (nSPS) is 16.7. The fourth-order valence-electron chi connectivity index (χ4n) is 4.79. The molecular formula is C32H34N2O6. The molecule has 3 aromatic rings. The number of rotatable bonds is 8. The number of ketones is 1. The smallest absolute Gasteiger partial charge is 0.338 e. The van der Waals surface area contributed by atoms with Gasteiger partial charge in [0.25, 0.3) is 11.7 Å². The Morgan fingerprint density at radius 3 is 2.20 bits per heavy atom. The van der Waals surface area contributed by atoms with Gasteiger partial charge >= 0.3 is 5.97 Å². The minimum atomic E-state index is -0.836. The van der Waals surface area contributed by atoms with Crippen LogP contribution in [0.5, 0.6) is 5.75 Å². The summed E-state index contributed by atoms with van der Waals surface area (Å²) in [4.78, 5) is 44.4. The van der Waals surface area contributed by atoms with E-state index in [0.717, 1.165) is 5.56 Å². The van der Waals surface area contributed by atoms with Crippen molar-refractivity contribution in [2.24, 2.45) is 0 Å². The second-order valence-corrected chi connectivity index (χ2v) is 10.5. The number of aromatic nitrogens is 1. The number of aliphatic hydroxyl groups is 1. The summed E-state index contributed by atoms with van der Waals surface area (Å²) < 4.78 is 10.9. The van der Waals surface area contributed by atoms with Crippen LogP contribution in [0.3, 0.4) is 0 Å². The number of esters is 1. The number of amides is 1. The summed E-state index contributed by atoms with van der Waals surface area (Å²) in [5.74, 6) is -1.48. The van der Waals surface area contributed by atoms with Crippen molar-refractivity contribution in [3.05, 3.63) is 100 Å². The zero-order valence-corrected chi connectivity index (χ0v) is 23.4. The number of hydrogen-bond donors (Lipinski definition) is 1. The Morgan fingerprint density at radius 1 is 0.950 bits per heavy atom. The third kappa shape index (κ3) is 5.76. The van der Waals surface area contributed by atoms with E-state index < -0.39 is 23.7 Å². The van der Waals surface area contributed by atoms with Crippen molar-refractivity contribution in [1.29, 1.82) is 0 Å². The molecule has 0 aliphatic carbocycles. The van der Waals surface area contributed by atoms with Crippen molar-refractivity contribution < 1.29 is 29.0 Å². The second-order valence-electron chi connectivity index (χ2n) is 10.5. The molecule has 4 rings (SSSR count). The molecule has 1 amide bonds. The zero-order valence-electron chi connectivity index (χ0n) is 23.4. The molecule has 1 unspecified atom stereocenters. The molecule has 2 aromatic carbocycles. The predicted molar refractivity (Wildman–Crippen MR) is 151 cm³/mol. The zero-order chi connectivity index (χ0) is 29.0. The molecule has 0 radical (unpaired) electrons. The summed E-state index contributed by atoms with van der Waals surface area (Å²) in [5.41, 5.74) is 2.74. The largest absolute Gasteiger partial charge is 0.507 e. The first-order chi connectivity index (χ1) is 19.1. The maximum absolute atomic E-state index is 13.5. The Labute approximate surface area is 234 Å². The van der Waals surface area contributed by atoms with Crippen LogP contribution in [0, 0.1) is 0 Å². The van der Waals surface area contributed by atoms with Gasteiger partial charge in [0.05, 0.1) is 30.4 Å². The van der Waals surface area contributed by atoms with E-state index in [-0.39, 0.29) is 29.9 Å². The average Bonchev–Trinajstić information content (AvgIpc) is 3.18. The van der Waals surface area contributed by atoms with Crippen LogP contribution in [0.2, 0.25) is 0 Å². The quantitative estimate of drug-likeness (QED) is 0.172. The summed E-state index contributed by atoms with van der Waals surface area (Å²) in [5, 5.41) is 11.6. The first-order valence-corrected chi connectivity index (χ1v) is 13.3. The highest BCUT2D eigenvalue weighted by Crippen LogP contribution is 2.41. The summed E-state index contributed by atoms with van der Waals surface area (Å²) >= 11 is 0. The number of nitrogens with zero attached hydrogens (tertiary/aromatic N) is 2. The lowest BCUT2D eigenvalue weighted by molar-refractivity contribution is -0.140. The molecule has 1 aliphatic rings. The van der Waals surface area contributed by atoms with Gasteiger partial charge in [-0.3, -0.25) is 14.6 Å². The number of hydrogen-bond acceptors (Lipinski definition) is 7. The fraction of sp³-hybridized carbons (Fsp3) is 0.312. The van der Waals surface area contributed by atoms with E-state index >= 15 is 0 Å². The average molecular weight is 543 g/mol. The maximum Gasteiger partial charge on any atom is 0.338 e. The molecule has 1 fully saturated rings. The summed E-state index contributed by atoms with van der Waals surface area (Å²) in [7, 11) is 0. The van der Waals surface area contributed by atoms with E-state index in [1.165, 1.54) is 4.90 Å². The van der Waals surface area contributed by atoms with Gasteiger partial charge in [0, 0.05) is 30.1 Å². The summed E-state index contributed by atoms with van der Waals surface area (Å²) in [6.07, 6.45) is 3.16. The van der Waals surface area contributed by atoms with E-state index in [2.05, 4.69) is 4.98 Å². The molecule has 8 heteroatoms. The minimum Gasteiger partial charge on any atom is -0.507 e. The van der Waals surface area contributed by atoms with Crippen molar-refractivity contribution in [1.82, 2.24) is 9.88 Å². The van der Waals surface area contributed by atoms with E-state index in [4.69, 9.17) is 9.47 Å². The number of likely N-dealkylation sites (tertiary alicyclic amines) is 1. The number of ether oxygens (including phenoxy) is 2. The topological polar surface area (TPSA) is 106 Å². The molecule has 0 spiro atoms. The molecule has 1 aromatic heterocycles. The highest BCUT2D eigenvalue weighted by Gasteiger charge is 2.46. The number of carbonyl (C=O) groups is 3. The maximum atomic E-state index is 13.5. The predicted octanol–water partition coefficient (Wildman–Crippen LogP) is 5.58. The number of Topliss-reactive ketones (excluding diaryl/α,β-unsaturated/α-hetero) is 1. The van der Waals surface area contributed by atoms with E-state index in [9.17, 15) is 19.5 Å². The minimum absolute atomic E-state index is 0.00311. The molecule has 208 valence electrons. The molecule has 1 saturated heterocycles. The van der Waals surface area contributed by atoms with Gasteiger partial charge in [-0.05, 0) is 72.9 Å². The summed E-state index contributed by atoms with van der Waals surface area (Å²) in [6.45, 7) is 10.6. The van der Waals surface area contributed by atoms with Crippen LogP contribution >= 0.6 is 0 Å². The lowest BCUT2D eigenvalue weighted by atomic mass is 9.84. The van der Waals surface area contributed by atoms with Crippen molar-refractivity contribution in [3.8, 4) is 5.75 Å². The molecule has 2 heterocycles. The van der Waals surface area contributed by atoms with Gasteiger partial charge in [0.2, 0.25) is 0 Å². The molecule has 0 bridgehead atoms. The van der Waals surface area contributed by atoms with Gasteiger partial charge in [-0.2, -0.15) is 0 Å². The highest BCUT2D eigenvalue weighted by atomic mass is 16.5. The Bertz CT molecular complexity index is 1440. The van der Waals surface area contributed by atoms with Crippen LogP contribution < -0.4 is 4.74 Å². The number of carbonyl (C=O) groups excluding carboxylic acids is 3. The Balaban J connectivity index is 1.79. The van der Waals surface area contributed by atoms with Crippen LogP contribution in [0.25, 0.3) is 5.76 Å². The van der Waals surface area contributed by atoms with Crippen molar-refractivity contribution in [2.45, 2.75) is 52.6 Å². The first-order valence-electron chi connectivity index (χ1n) is 13.3. The van der Waals surface area contributed by atoms with Crippen molar-refractivity contribution in [3.63, 3.8) is 0 Å². The Morgan fingerprint density at radius 2 is 1.60 bits per heavy atom. The Kier molecular flexibility index (Phi) is 8.38. The SMILES string of the molecule is CCOC(=O)c1ccc(CN2C(=O)C(=O)/C(=C(\O)c3ccc(OCC)c(C(C)(C)C)c3)C2c2ccncc2)cc1. The molecule has 40 heavy (non-hydrogen) atoms. The molecule has 8 nitrogen and oxygen atoms in total. The van der Waals surface area contributed by atoms with Crippen LogP contribution in [0.15, 0.2) is 72.6 Å². The van der Waals surface area contributed by atoms with Crippen molar-refractivity contribution in [2.75, 3.05) is 13.2 Å². The molecular weight excluding hydrogens is 508 g/mol. The standard InChI is InChI=1S/C32H34N2O6/c1-6-39-25-13-12-23(18-24(25)32(3,4)5)28(35)26-27(21-14-16-33-17-15-21)34(30(37)29(26)36)19-20-8-10-22(11-9-20)31(38)40-7-2/h8-18,27,35H,6-7,19H2,1-5H3/b28-26-. The van der Waals surface area contributed by atoms with Gasteiger partial charge in [0.1, 0.15) is 11.5 Å². The Hall–Kier alpha value is -4.46. The van der Waals surface area contributed by atoms with Gasteiger partial charge in [-0.15, -0.1) is 0 Å². The van der Waals surface area contributed by atoms with Crippen LogP contribution in [0.1, 0.15) is 73.3 Å². The summed E-state index contributed by atoms with van der Waals surface area (Å²) in [6, 6.07) is 14.6. The van der Waals surface area contributed by atoms with Gasteiger partial charge in [-0.1, -0.05) is 32.9 Å². The van der Waals surface area contributed by atoms with Gasteiger partial charge in [-0.25, -0.2) is 4.79 Å². The lowest BCUT2D eigenvalue weighted by Gasteiger charge is -2.26. The first kappa shape index (κ1) is 28.5. The monoisotopic (exact) mass is 542 g/mol. The lowest BCUT2D eigenvalue weighted by Crippen LogP contribution is -2.29. The molecule has 1 aliphatic heterocycles. The second kappa shape index (κ2) is 11.7. The van der Waals surface area contributed by atoms with E-state index in [1.54, 1.807) is 67.8 Å². The van der Waals surface area contributed by atoms with E-state index in [0.29, 0.717) is 34.6 Å². The van der Waals surface area contributed by atoms with Crippen LogP contribution in [0.4, 0.5) is 0 Å². The molecule has 1 N–H and O–H groups in total. The highest BCUT2D eigenvalue weighted by molar-refractivity contribution is 6.46. The number of aliphatic hydroxyl groups excluding tert-OH is 1. The molecule has 0 saturated carbocycles. The van der Waals surface area contributed by atoms with Crippen LogP contribution in [-0.4, -0.2) is 45.9 Å². The van der Waals surface area contributed by atoms with Crippen LogP contribution in [-0.2, 0) is 26.3 Å². The molecule has 1 atom stereocenters. The van der Waals surface area contributed by atoms with Gasteiger partial charge < -0.3 is 19.5 Å². The van der Waals surface area contributed by atoms with Gasteiger partial charge in [0.15, 0.2) is 0 Å². The third-order valence-electron chi connectivity index (χ3n) is 6.74. The van der Waals surface area contributed by atoms with Crippen molar-refractivity contribution >= 4 is 23.4 Å². The van der Waals surface area contributed by atoms with E-state index in [1.807, 2.05) is 33.8 Å².